The second-order valence-corrected chi connectivity index (χ2v) is 5.98. The van der Waals surface area contributed by atoms with Crippen LogP contribution in [0.25, 0.3) is 0 Å². The molecule has 7 heteroatoms. The normalized spacial score (nSPS) is 9.93. The standard InChI is InChI=1S/C20H13ClN4O2/c21-15-4-2-6-17(11-15)24-19(26)14-7-8-23-18(10-14)20(27)25-16-5-1-3-13(9-16)12-22/h1-11H,(H,24,26)(H,25,27). The Labute approximate surface area is 160 Å². The molecule has 3 aromatic rings. The van der Waals surface area contributed by atoms with Gasteiger partial charge in [-0.25, -0.2) is 0 Å². The third kappa shape index (κ3) is 4.69. The van der Waals surface area contributed by atoms with Crippen LogP contribution in [0, 0.1) is 11.3 Å². The number of nitriles is 1. The van der Waals surface area contributed by atoms with E-state index in [-0.39, 0.29) is 17.2 Å². The van der Waals surface area contributed by atoms with Gasteiger partial charge in [-0.15, -0.1) is 0 Å². The van der Waals surface area contributed by atoms with E-state index in [0.29, 0.717) is 22.0 Å². The van der Waals surface area contributed by atoms with Crippen molar-refractivity contribution in [1.82, 2.24) is 4.98 Å². The average Bonchev–Trinajstić information content (AvgIpc) is 2.68. The highest BCUT2D eigenvalue weighted by Crippen LogP contribution is 2.16. The van der Waals surface area contributed by atoms with Gasteiger partial charge in [-0.2, -0.15) is 5.26 Å². The molecule has 0 spiro atoms. The van der Waals surface area contributed by atoms with Gasteiger partial charge in [-0.1, -0.05) is 23.7 Å². The Bertz CT molecular complexity index is 1060. The van der Waals surface area contributed by atoms with Crippen LogP contribution in [-0.2, 0) is 0 Å². The minimum Gasteiger partial charge on any atom is -0.322 e. The molecule has 0 aliphatic rings. The van der Waals surface area contributed by atoms with Gasteiger partial charge in [0.2, 0.25) is 0 Å². The Kier molecular flexibility index (Phi) is 5.45. The smallest absolute Gasteiger partial charge is 0.274 e. The van der Waals surface area contributed by atoms with E-state index in [9.17, 15) is 9.59 Å². The van der Waals surface area contributed by atoms with E-state index in [1.807, 2.05) is 6.07 Å². The lowest BCUT2D eigenvalue weighted by atomic mass is 10.2. The third-order valence-corrected chi connectivity index (χ3v) is 3.82. The van der Waals surface area contributed by atoms with Crippen molar-refractivity contribution in [2.24, 2.45) is 0 Å². The SMILES string of the molecule is N#Cc1cccc(NC(=O)c2cc(C(=O)Nc3cccc(Cl)c3)ccn2)c1. The minimum absolute atomic E-state index is 0.0797. The largest absolute Gasteiger partial charge is 0.322 e. The van der Waals surface area contributed by atoms with Gasteiger partial charge in [-0.05, 0) is 48.5 Å². The molecule has 132 valence electrons. The maximum atomic E-state index is 12.4. The number of nitrogens with zero attached hydrogens (tertiary/aromatic N) is 2. The van der Waals surface area contributed by atoms with Gasteiger partial charge in [0.15, 0.2) is 0 Å². The first kappa shape index (κ1) is 18.1. The van der Waals surface area contributed by atoms with Crippen molar-refractivity contribution in [2.45, 2.75) is 0 Å². The minimum atomic E-state index is -0.484. The number of nitrogens with one attached hydrogen (secondary N) is 2. The second kappa shape index (κ2) is 8.13. The van der Waals surface area contributed by atoms with Crippen LogP contribution in [-0.4, -0.2) is 16.8 Å². The van der Waals surface area contributed by atoms with Crippen LogP contribution in [0.15, 0.2) is 66.9 Å². The molecule has 0 unspecified atom stereocenters. The quantitative estimate of drug-likeness (QED) is 0.716. The molecular weight excluding hydrogens is 364 g/mol. The first-order valence-electron chi connectivity index (χ1n) is 7.89. The number of benzene rings is 2. The van der Waals surface area contributed by atoms with Gasteiger partial charge >= 0.3 is 0 Å². The van der Waals surface area contributed by atoms with Crippen LogP contribution in [0.4, 0.5) is 11.4 Å². The first-order chi connectivity index (χ1) is 13.0. The van der Waals surface area contributed by atoms with Crippen molar-refractivity contribution in [3.8, 4) is 6.07 Å². The number of anilines is 2. The van der Waals surface area contributed by atoms with Crippen molar-refractivity contribution >= 4 is 34.8 Å². The Morgan fingerprint density at radius 1 is 0.926 bits per heavy atom. The van der Waals surface area contributed by atoms with E-state index in [4.69, 9.17) is 16.9 Å². The Morgan fingerprint density at radius 3 is 2.37 bits per heavy atom. The first-order valence-corrected chi connectivity index (χ1v) is 8.27. The highest BCUT2D eigenvalue weighted by Gasteiger charge is 2.13. The monoisotopic (exact) mass is 376 g/mol. The number of rotatable bonds is 4. The maximum Gasteiger partial charge on any atom is 0.274 e. The number of halogens is 1. The number of carbonyl (C=O) groups excluding carboxylic acids is 2. The lowest BCUT2D eigenvalue weighted by Gasteiger charge is -2.08. The number of hydrogen-bond acceptors (Lipinski definition) is 4. The van der Waals surface area contributed by atoms with Crippen LogP contribution in [0.1, 0.15) is 26.4 Å². The van der Waals surface area contributed by atoms with Crippen molar-refractivity contribution in [1.29, 1.82) is 5.26 Å². The molecule has 27 heavy (non-hydrogen) atoms. The number of hydrogen-bond donors (Lipinski definition) is 2. The van der Waals surface area contributed by atoms with Gasteiger partial charge in [0.25, 0.3) is 11.8 Å². The topological polar surface area (TPSA) is 94.9 Å². The number of amides is 2. The zero-order chi connectivity index (χ0) is 19.2. The van der Waals surface area contributed by atoms with Crippen LogP contribution in [0.2, 0.25) is 5.02 Å². The predicted molar refractivity (Wildman–Crippen MR) is 103 cm³/mol. The van der Waals surface area contributed by atoms with Crippen LogP contribution >= 0.6 is 11.6 Å². The van der Waals surface area contributed by atoms with E-state index in [1.165, 1.54) is 18.3 Å². The molecule has 0 atom stereocenters. The molecule has 0 aliphatic carbocycles. The summed E-state index contributed by atoms with van der Waals surface area (Å²) in [5.41, 5.74) is 1.80. The van der Waals surface area contributed by atoms with Crippen LogP contribution in [0.5, 0.6) is 0 Å². The highest BCUT2D eigenvalue weighted by atomic mass is 35.5. The summed E-state index contributed by atoms with van der Waals surface area (Å²) in [5, 5.41) is 14.8. The number of aromatic nitrogens is 1. The fourth-order valence-electron chi connectivity index (χ4n) is 2.33. The number of carbonyl (C=O) groups is 2. The zero-order valence-electron chi connectivity index (χ0n) is 13.9. The Hall–Kier alpha value is -3.69. The highest BCUT2D eigenvalue weighted by molar-refractivity contribution is 6.31. The summed E-state index contributed by atoms with van der Waals surface area (Å²) in [6, 6.07) is 18.2. The van der Waals surface area contributed by atoms with Crippen LogP contribution < -0.4 is 10.6 Å². The zero-order valence-corrected chi connectivity index (χ0v) is 14.7. The molecule has 0 bridgehead atoms. The van der Waals surface area contributed by atoms with Crippen LogP contribution in [0.3, 0.4) is 0 Å². The molecule has 2 aromatic carbocycles. The van der Waals surface area contributed by atoms with Crippen molar-refractivity contribution < 1.29 is 9.59 Å². The molecule has 0 saturated heterocycles. The van der Waals surface area contributed by atoms with E-state index in [0.717, 1.165) is 0 Å². The van der Waals surface area contributed by atoms with E-state index in [1.54, 1.807) is 48.5 Å². The van der Waals surface area contributed by atoms with Gasteiger partial charge < -0.3 is 10.6 Å². The van der Waals surface area contributed by atoms with Gasteiger partial charge in [0.1, 0.15) is 5.69 Å². The molecule has 0 saturated carbocycles. The summed E-state index contributed by atoms with van der Waals surface area (Å²) in [5.74, 6) is -0.873. The Morgan fingerprint density at radius 2 is 1.63 bits per heavy atom. The molecule has 6 nitrogen and oxygen atoms in total. The van der Waals surface area contributed by atoms with E-state index < -0.39 is 5.91 Å². The molecule has 1 aromatic heterocycles. The lowest BCUT2D eigenvalue weighted by Crippen LogP contribution is -2.17. The van der Waals surface area contributed by atoms with E-state index in [2.05, 4.69) is 15.6 Å². The van der Waals surface area contributed by atoms with Gasteiger partial charge in [0, 0.05) is 28.2 Å². The molecule has 3 rings (SSSR count). The third-order valence-electron chi connectivity index (χ3n) is 3.59. The molecule has 1 heterocycles. The number of pyridine rings is 1. The maximum absolute atomic E-state index is 12.4. The van der Waals surface area contributed by atoms with E-state index >= 15 is 0 Å². The molecule has 2 amide bonds. The van der Waals surface area contributed by atoms with Crippen molar-refractivity contribution in [3.05, 3.63) is 88.7 Å². The average molecular weight is 377 g/mol. The summed E-state index contributed by atoms with van der Waals surface area (Å²) in [4.78, 5) is 28.8. The summed E-state index contributed by atoms with van der Waals surface area (Å²) in [6.07, 6.45) is 1.38. The van der Waals surface area contributed by atoms with Gasteiger partial charge in [-0.3, -0.25) is 14.6 Å². The fourth-order valence-corrected chi connectivity index (χ4v) is 2.52. The summed E-state index contributed by atoms with van der Waals surface area (Å²) in [7, 11) is 0. The molecule has 0 fully saturated rings. The molecule has 2 N–H and O–H groups in total. The summed E-state index contributed by atoms with van der Waals surface area (Å²) >= 11 is 5.91. The Balaban J connectivity index is 1.75. The summed E-state index contributed by atoms with van der Waals surface area (Å²) < 4.78 is 0. The lowest BCUT2D eigenvalue weighted by molar-refractivity contribution is 0.102. The van der Waals surface area contributed by atoms with Crippen molar-refractivity contribution in [3.63, 3.8) is 0 Å². The fraction of sp³-hybridized carbons (Fsp3) is 0. The molecular formula is C20H13ClN4O2. The second-order valence-electron chi connectivity index (χ2n) is 5.54. The predicted octanol–water partition coefficient (Wildman–Crippen LogP) is 4.11. The molecule has 0 radical (unpaired) electrons. The molecule has 0 aliphatic heterocycles. The van der Waals surface area contributed by atoms with Gasteiger partial charge in [0.05, 0.1) is 11.6 Å². The summed E-state index contributed by atoms with van der Waals surface area (Å²) in [6.45, 7) is 0. The van der Waals surface area contributed by atoms with Crippen molar-refractivity contribution in [2.75, 3.05) is 10.6 Å².